The van der Waals surface area contributed by atoms with E-state index in [9.17, 15) is 38.7 Å². The number of carbonyl (C=O) groups excluding carboxylic acids is 7. The number of aromatic nitrogens is 2. The highest BCUT2D eigenvalue weighted by Crippen LogP contribution is 2.30. The predicted molar refractivity (Wildman–Crippen MR) is 323 cm³/mol. The van der Waals surface area contributed by atoms with Gasteiger partial charge in [-0.25, -0.2) is 19.4 Å². The van der Waals surface area contributed by atoms with Crippen molar-refractivity contribution >= 4 is 41.8 Å². The highest BCUT2D eigenvalue weighted by molar-refractivity contribution is 5.92. The maximum Gasteiger partial charge on any atom is 0.408 e. The van der Waals surface area contributed by atoms with Gasteiger partial charge in [-0.1, -0.05) is 167 Å². The molecule has 458 valence electrons. The zero-order valence-electron chi connectivity index (χ0n) is 49.9. The fraction of sp³-hybridized carbons (Fsp3) is 0.485. The molecule has 1 heterocycles. The number of rotatable bonds is 32. The molecule has 85 heavy (non-hydrogen) atoms. The van der Waals surface area contributed by atoms with Gasteiger partial charge in [-0.05, 0) is 93.4 Å². The van der Waals surface area contributed by atoms with E-state index in [1.807, 2.05) is 135 Å². The molecule has 6 amide bonds. The standard InChI is InChI=1S/C66H88N8O11/c1-45(2)35-51(39-58(75)54(36-46-23-11-6-12-24-46)71-62(79)56(40-52-41-67-44-69-52)72-61(78)55(37-47-25-13-7-14-26-47)74-65(82)85-66(3,4)5)59(76)70-53(33-21-22-34-68-64(81)84-43-50-31-19-10-20-32-50)60(77)73-57(38-48-27-15-8-16-28-48)63(80)83-42-49-29-17-9-18-30-49/h7-10,13-20,25-32,41,44-46,51,53-58,75H,6,11-12,21-24,33-40,42-43H2,1-5H3,(H,67,69)(H,68,81)(H,70,76)(H,71,79)(H,72,78)(H,73,77)(H,74,82)/t51-,53+,54+,55+,56+,57+,58+/m1/s1. The lowest BCUT2D eigenvalue weighted by atomic mass is 9.81. The number of esters is 1. The second-order valence-corrected chi connectivity index (χ2v) is 23.6. The molecular weight excluding hydrogens is 1080 g/mol. The van der Waals surface area contributed by atoms with Crippen molar-refractivity contribution in [1.82, 2.24) is 41.9 Å². The monoisotopic (exact) mass is 1170 g/mol. The minimum Gasteiger partial charge on any atom is -0.459 e. The third kappa shape index (κ3) is 24.6. The minimum atomic E-state index is -1.27. The van der Waals surface area contributed by atoms with Crippen molar-refractivity contribution in [2.75, 3.05) is 6.54 Å². The zero-order valence-corrected chi connectivity index (χ0v) is 49.9. The summed E-state index contributed by atoms with van der Waals surface area (Å²) in [5.74, 6) is -3.77. The quantitative estimate of drug-likeness (QED) is 0.0114. The van der Waals surface area contributed by atoms with Crippen LogP contribution in [0.1, 0.15) is 133 Å². The molecule has 6 rings (SSSR count). The number of H-pyrrole nitrogens is 1. The van der Waals surface area contributed by atoms with Gasteiger partial charge in [0.25, 0.3) is 0 Å². The van der Waals surface area contributed by atoms with E-state index in [1.165, 1.54) is 6.33 Å². The number of benzene rings is 4. The summed E-state index contributed by atoms with van der Waals surface area (Å²) < 4.78 is 16.7. The molecule has 5 aromatic rings. The number of imidazole rings is 1. The van der Waals surface area contributed by atoms with E-state index in [4.69, 9.17) is 14.2 Å². The van der Waals surface area contributed by atoms with Gasteiger partial charge in [-0.3, -0.25) is 19.2 Å². The average Bonchev–Trinajstić information content (AvgIpc) is 4.10. The number of unbranched alkanes of at least 4 members (excludes halogenated alkanes) is 1. The van der Waals surface area contributed by atoms with Gasteiger partial charge in [0, 0.05) is 43.6 Å². The van der Waals surface area contributed by atoms with Crippen LogP contribution in [-0.4, -0.2) is 105 Å². The topological polar surface area (TPSA) is 268 Å². The smallest absolute Gasteiger partial charge is 0.408 e. The second kappa shape index (κ2) is 34.7. The van der Waals surface area contributed by atoms with Crippen LogP contribution in [-0.2, 0) is 70.7 Å². The summed E-state index contributed by atoms with van der Waals surface area (Å²) in [5, 5.41) is 29.9. The molecule has 1 aliphatic rings. The zero-order chi connectivity index (χ0) is 61.0. The molecule has 1 aliphatic carbocycles. The summed E-state index contributed by atoms with van der Waals surface area (Å²) >= 11 is 0. The van der Waals surface area contributed by atoms with Crippen LogP contribution >= 0.6 is 0 Å². The van der Waals surface area contributed by atoms with Crippen LogP contribution in [0.15, 0.2) is 134 Å². The lowest BCUT2D eigenvalue weighted by Crippen LogP contribution is -2.58. The summed E-state index contributed by atoms with van der Waals surface area (Å²) in [6, 6.07) is 31.3. The molecule has 19 heteroatoms. The van der Waals surface area contributed by atoms with E-state index < -0.39 is 89.6 Å². The lowest BCUT2D eigenvalue weighted by molar-refractivity contribution is -0.149. The first kappa shape index (κ1) is 66.1. The number of hydrogen-bond acceptors (Lipinski definition) is 12. The molecule has 19 nitrogen and oxygen atoms in total. The van der Waals surface area contributed by atoms with Gasteiger partial charge in [0.1, 0.15) is 43.0 Å². The number of carbonyl (C=O) groups is 7. The molecule has 1 fully saturated rings. The van der Waals surface area contributed by atoms with E-state index in [2.05, 4.69) is 41.9 Å². The van der Waals surface area contributed by atoms with Crippen LogP contribution in [0.4, 0.5) is 9.59 Å². The molecular formula is C66H88N8O11. The number of hydrogen-bond donors (Lipinski definition) is 8. The van der Waals surface area contributed by atoms with Crippen molar-refractivity contribution in [2.45, 2.75) is 180 Å². The van der Waals surface area contributed by atoms with Crippen molar-refractivity contribution in [2.24, 2.45) is 17.8 Å². The van der Waals surface area contributed by atoms with Crippen LogP contribution in [0, 0.1) is 17.8 Å². The van der Waals surface area contributed by atoms with E-state index >= 15 is 0 Å². The number of amides is 6. The Hall–Kier alpha value is -8.06. The van der Waals surface area contributed by atoms with Crippen LogP contribution in [0.3, 0.4) is 0 Å². The normalized spacial score (nSPS) is 15.1. The first-order valence-corrected chi connectivity index (χ1v) is 30.0. The Balaban J connectivity index is 1.22. The molecule has 8 N–H and O–H groups in total. The number of aromatic amines is 1. The van der Waals surface area contributed by atoms with E-state index in [-0.39, 0.29) is 63.7 Å². The lowest BCUT2D eigenvalue weighted by Gasteiger charge is -2.33. The number of ether oxygens (including phenoxy) is 3. The van der Waals surface area contributed by atoms with Crippen LogP contribution in [0.25, 0.3) is 0 Å². The summed E-state index contributed by atoms with van der Waals surface area (Å²) in [6.45, 7) is 9.35. The van der Waals surface area contributed by atoms with E-state index in [0.29, 0.717) is 31.4 Å². The van der Waals surface area contributed by atoms with Crippen LogP contribution in [0.5, 0.6) is 0 Å². The Labute approximate surface area is 500 Å². The Morgan fingerprint density at radius 2 is 1.11 bits per heavy atom. The Morgan fingerprint density at radius 1 is 0.588 bits per heavy atom. The third-order valence-corrected chi connectivity index (χ3v) is 14.8. The molecule has 0 saturated heterocycles. The van der Waals surface area contributed by atoms with E-state index in [1.54, 1.807) is 27.0 Å². The number of aliphatic hydroxyl groups is 1. The number of nitrogens with one attached hydrogen (secondary N) is 7. The molecule has 0 bridgehead atoms. The summed E-state index contributed by atoms with van der Waals surface area (Å²) in [7, 11) is 0. The maximum atomic E-state index is 14.9. The summed E-state index contributed by atoms with van der Waals surface area (Å²) in [5.41, 5.74) is 2.82. The predicted octanol–water partition coefficient (Wildman–Crippen LogP) is 8.49. The van der Waals surface area contributed by atoms with Gasteiger partial charge < -0.3 is 56.2 Å². The van der Waals surface area contributed by atoms with Crippen LogP contribution < -0.4 is 31.9 Å². The minimum absolute atomic E-state index is 0.0124. The largest absolute Gasteiger partial charge is 0.459 e. The molecule has 4 aromatic carbocycles. The van der Waals surface area contributed by atoms with Crippen LogP contribution in [0.2, 0.25) is 0 Å². The van der Waals surface area contributed by atoms with Gasteiger partial charge in [0.2, 0.25) is 23.6 Å². The number of aliphatic hydroxyl groups excluding tert-OH is 1. The first-order chi connectivity index (χ1) is 40.9. The second-order valence-electron chi connectivity index (χ2n) is 23.6. The third-order valence-electron chi connectivity index (χ3n) is 14.8. The first-order valence-electron chi connectivity index (χ1n) is 30.0. The molecule has 0 radical (unpaired) electrons. The number of nitrogens with zero attached hydrogens (tertiary/aromatic N) is 1. The van der Waals surface area contributed by atoms with Gasteiger partial charge in [0.15, 0.2) is 0 Å². The molecule has 7 atom stereocenters. The SMILES string of the molecule is CC(C)C[C@H](C[C@H](O)[C@H](CC1CCCCC1)NC(=O)[C@H](Cc1cnc[nH]1)NC(=O)[C@H](Cc1ccccc1)NC(=O)OC(C)(C)C)C(=O)N[C@@H](CCCCNC(=O)OCc1ccccc1)C(=O)N[C@@H](Cc1ccccc1)C(=O)OCc1ccccc1. The highest BCUT2D eigenvalue weighted by atomic mass is 16.6. The Kier molecular flexibility index (Phi) is 26.9. The fourth-order valence-corrected chi connectivity index (χ4v) is 10.5. The van der Waals surface area contributed by atoms with Gasteiger partial charge in [-0.15, -0.1) is 0 Å². The van der Waals surface area contributed by atoms with Gasteiger partial charge in [-0.2, -0.15) is 0 Å². The van der Waals surface area contributed by atoms with Crippen molar-refractivity contribution in [3.8, 4) is 0 Å². The molecule has 0 spiro atoms. The maximum absolute atomic E-state index is 14.9. The van der Waals surface area contributed by atoms with E-state index in [0.717, 1.165) is 54.4 Å². The van der Waals surface area contributed by atoms with Crippen molar-refractivity contribution in [1.29, 1.82) is 0 Å². The molecule has 0 unspecified atom stereocenters. The average molecular weight is 1170 g/mol. The summed E-state index contributed by atoms with van der Waals surface area (Å²) in [6.07, 6.45) is 6.85. The summed E-state index contributed by atoms with van der Waals surface area (Å²) in [4.78, 5) is 106. The molecule has 1 aromatic heterocycles. The highest BCUT2D eigenvalue weighted by Gasteiger charge is 2.36. The molecule has 1 saturated carbocycles. The van der Waals surface area contributed by atoms with Crippen molar-refractivity contribution < 1.29 is 52.9 Å². The molecule has 0 aliphatic heterocycles. The van der Waals surface area contributed by atoms with Gasteiger partial charge in [0.05, 0.1) is 18.5 Å². The Bertz CT molecular complexity index is 2810. The Morgan fingerprint density at radius 3 is 1.67 bits per heavy atom. The van der Waals surface area contributed by atoms with Crippen molar-refractivity contribution in [3.63, 3.8) is 0 Å². The fourth-order valence-electron chi connectivity index (χ4n) is 10.5. The van der Waals surface area contributed by atoms with Crippen molar-refractivity contribution in [3.05, 3.63) is 162 Å². The number of alkyl carbamates (subject to hydrolysis) is 2. The van der Waals surface area contributed by atoms with Gasteiger partial charge >= 0.3 is 18.2 Å².